The fourth-order valence-electron chi connectivity index (χ4n) is 4.01. The van der Waals surface area contributed by atoms with Crippen molar-refractivity contribution in [1.82, 2.24) is 14.5 Å². The molecule has 1 saturated carbocycles. The van der Waals surface area contributed by atoms with E-state index >= 15 is 0 Å². The molecule has 11 nitrogen and oxygen atoms in total. The van der Waals surface area contributed by atoms with Gasteiger partial charge in [0.05, 0.1) is 24.8 Å². The number of nitrogens with one attached hydrogen (secondary N) is 1. The summed E-state index contributed by atoms with van der Waals surface area (Å²) in [6, 6.07) is 3.23. The lowest BCUT2D eigenvalue weighted by Crippen LogP contribution is -2.24. The van der Waals surface area contributed by atoms with E-state index in [9.17, 15) is 31.5 Å². The molecule has 0 spiro atoms. The molecule has 3 heterocycles. The highest BCUT2D eigenvalue weighted by Gasteiger charge is 2.35. The lowest BCUT2D eigenvalue weighted by molar-refractivity contribution is -0.153. The Morgan fingerprint density at radius 3 is 2.78 bits per heavy atom. The molecule has 3 atom stereocenters. The van der Waals surface area contributed by atoms with Crippen molar-refractivity contribution in [3.05, 3.63) is 65.8 Å². The number of nitrogens with zero attached hydrogens (tertiary/aromatic N) is 3. The van der Waals surface area contributed by atoms with E-state index in [2.05, 4.69) is 19.5 Å². The predicted molar refractivity (Wildman–Crippen MR) is 118 cm³/mol. The molecular weight excluding hydrogens is 507 g/mol. The van der Waals surface area contributed by atoms with E-state index in [0.717, 1.165) is 6.07 Å². The number of anilines is 1. The first kappa shape index (κ1) is 25.8. The molecule has 0 aliphatic heterocycles. The maximum absolute atomic E-state index is 13.1. The van der Waals surface area contributed by atoms with Gasteiger partial charge in [-0.05, 0) is 31.0 Å². The molecule has 0 amide bonds. The van der Waals surface area contributed by atoms with Crippen molar-refractivity contribution in [2.45, 2.75) is 37.7 Å². The van der Waals surface area contributed by atoms with Gasteiger partial charge in [-0.15, -0.1) is 0 Å². The second kappa shape index (κ2) is 10.0. The van der Waals surface area contributed by atoms with Crippen LogP contribution in [0.4, 0.5) is 19.0 Å². The number of hydrogen-bond acceptors (Lipinski definition) is 9. The monoisotopic (exact) mass is 529 g/mol. The molecule has 15 heteroatoms. The molecule has 36 heavy (non-hydrogen) atoms. The van der Waals surface area contributed by atoms with Gasteiger partial charge in [-0.25, -0.2) is 15.1 Å². The Bertz CT molecular complexity index is 1340. The SMILES string of the molecule is NS(=O)(=O)OCC1CC(Nc2ncncc2C(=O)c2ccn(Cc3ccc(C(F)(F)F)o3)c2)CC1O. The Kier molecular flexibility index (Phi) is 7.17. The fraction of sp³-hybridized carbons (Fsp3) is 0.381. The molecule has 0 radical (unpaired) electrons. The van der Waals surface area contributed by atoms with Crippen molar-refractivity contribution < 1.29 is 40.1 Å². The summed E-state index contributed by atoms with van der Waals surface area (Å²) in [4.78, 5) is 21.2. The van der Waals surface area contributed by atoms with Gasteiger partial charge in [0.15, 0.2) is 5.78 Å². The van der Waals surface area contributed by atoms with Gasteiger partial charge >= 0.3 is 16.5 Å². The van der Waals surface area contributed by atoms with Gasteiger partial charge in [0, 0.05) is 36.1 Å². The Balaban J connectivity index is 1.43. The third-order valence-corrected chi connectivity index (χ3v) is 6.16. The third kappa shape index (κ3) is 6.29. The molecule has 0 aromatic carbocycles. The van der Waals surface area contributed by atoms with Crippen LogP contribution in [-0.4, -0.2) is 52.6 Å². The highest BCUT2D eigenvalue weighted by atomic mass is 32.2. The summed E-state index contributed by atoms with van der Waals surface area (Å²) < 4.78 is 71.2. The highest BCUT2D eigenvalue weighted by molar-refractivity contribution is 7.84. The zero-order chi connectivity index (χ0) is 26.1. The minimum Gasteiger partial charge on any atom is -0.455 e. The molecule has 3 unspecified atom stereocenters. The Hall–Kier alpha value is -3.27. The summed E-state index contributed by atoms with van der Waals surface area (Å²) in [6.07, 6.45) is 0.730. The van der Waals surface area contributed by atoms with Crippen molar-refractivity contribution in [3.63, 3.8) is 0 Å². The molecule has 194 valence electrons. The minimum atomic E-state index is -4.59. The number of rotatable bonds is 9. The van der Waals surface area contributed by atoms with Crippen LogP contribution >= 0.6 is 0 Å². The van der Waals surface area contributed by atoms with E-state index < -0.39 is 40.0 Å². The lowest BCUT2D eigenvalue weighted by atomic mass is 10.1. The largest absolute Gasteiger partial charge is 0.455 e. The van der Waals surface area contributed by atoms with Gasteiger partial charge in [-0.3, -0.25) is 8.98 Å². The molecule has 0 saturated heterocycles. The van der Waals surface area contributed by atoms with Gasteiger partial charge < -0.3 is 19.4 Å². The van der Waals surface area contributed by atoms with Crippen LogP contribution < -0.4 is 10.5 Å². The molecule has 3 aromatic rings. The zero-order valence-corrected chi connectivity index (χ0v) is 19.4. The first-order valence-corrected chi connectivity index (χ1v) is 12.1. The minimum absolute atomic E-state index is 0.0122. The number of halogens is 3. The lowest BCUT2D eigenvalue weighted by Gasteiger charge is -2.15. The van der Waals surface area contributed by atoms with E-state index in [4.69, 9.17) is 9.56 Å². The number of alkyl halides is 3. The van der Waals surface area contributed by atoms with Crippen LogP contribution in [0.5, 0.6) is 0 Å². The Morgan fingerprint density at radius 1 is 1.31 bits per heavy atom. The second-order valence-electron chi connectivity index (χ2n) is 8.37. The number of furan rings is 1. The van der Waals surface area contributed by atoms with Crippen LogP contribution in [0.25, 0.3) is 0 Å². The van der Waals surface area contributed by atoms with Crippen molar-refractivity contribution in [1.29, 1.82) is 0 Å². The van der Waals surface area contributed by atoms with E-state index in [1.54, 1.807) is 0 Å². The molecule has 3 aromatic heterocycles. The van der Waals surface area contributed by atoms with Crippen LogP contribution in [0.3, 0.4) is 0 Å². The molecule has 1 aliphatic carbocycles. The number of aliphatic hydroxyl groups is 1. The van der Waals surface area contributed by atoms with Gasteiger partial charge in [0.1, 0.15) is 17.9 Å². The number of carbonyl (C=O) groups is 1. The van der Waals surface area contributed by atoms with Crippen molar-refractivity contribution in [2.24, 2.45) is 11.1 Å². The molecule has 0 bridgehead atoms. The summed E-state index contributed by atoms with van der Waals surface area (Å²) in [5.74, 6) is -1.74. The second-order valence-corrected chi connectivity index (χ2v) is 9.59. The first-order chi connectivity index (χ1) is 16.9. The van der Waals surface area contributed by atoms with Gasteiger partial charge in [-0.1, -0.05) is 0 Å². The quantitative estimate of drug-likeness (QED) is 0.352. The Labute approximate surface area is 203 Å². The van der Waals surface area contributed by atoms with E-state index in [1.165, 1.54) is 41.6 Å². The van der Waals surface area contributed by atoms with Crippen LogP contribution in [0.15, 0.2) is 47.5 Å². The highest BCUT2D eigenvalue weighted by Crippen LogP contribution is 2.31. The number of aromatic nitrogens is 3. The summed E-state index contributed by atoms with van der Waals surface area (Å²) >= 11 is 0. The third-order valence-electron chi connectivity index (χ3n) is 5.69. The smallest absolute Gasteiger partial charge is 0.449 e. The van der Waals surface area contributed by atoms with Crippen LogP contribution in [0, 0.1) is 5.92 Å². The van der Waals surface area contributed by atoms with Gasteiger partial charge in [-0.2, -0.15) is 21.6 Å². The Morgan fingerprint density at radius 2 is 2.08 bits per heavy atom. The number of carbonyl (C=O) groups excluding carboxylic acids is 1. The molecule has 4 rings (SSSR count). The van der Waals surface area contributed by atoms with Crippen molar-refractivity contribution in [2.75, 3.05) is 11.9 Å². The number of ketones is 1. The van der Waals surface area contributed by atoms with Crippen LogP contribution in [-0.2, 0) is 27.2 Å². The zero-order valence-electron chi connectivity index (χ0n) is 18.6. The summed E-state index contributed by atoms with van der Waals surface area (Å²) in [7, 11) is -4.14. The average molecular weight is 529 g/mol. The normalized spacial score (nSPS) is 20.5. The predicted octanol–water partition coefficient (Wildman–Crippen LogP) is 1.94. The van der Waals surface area contributed by atoms with E-state index in [1.807, 2.05) is 0 Å². The van der Waals surface area contributed by atoms with E-state index in [-0.39, 0.29) is 48.3 Å². The fourth-order valence-corrected chi connectivity index (χ4v) is 4.37. The maximum atomic E-state index is 13.1. The molecule has 1 aliphatic rings. The molecule has 4 N–H and O–H groups in total. The topological polar surface area (TPSA) is 163 Å². The van der Waals surface area contributed by atoms with Crippen LogP contribution in [0.1, 0.15) is 40.3 Å². The van der Waals surface area contributed by atoms with Crippen molar-refractivity contribution in [3.8, 4) is 0 Å². The van der Waals surface area contributed by atoms with E-state index in [0.29, 0.717) is 6.42 Å². The number of aliphatic hydroxyl groups excluding tert-OH is 1. The summed E-state index contributed by atoms with van der Waals surface area (Å²) in [5.41, 5.74) is 0.396. The standard InChI is InChI=1S/C21H22F3N5O6S/c22-21(23,24)18-2-1-15(35-18)9-29-4-3-12(8-29)19(31)16-7-26-11-27-20(16)28-14-5-13(17(30)6-14)10-34-36(25,32)33/h1-4,7-8,11,13-14,17,30H,5-6,9-10H2,(H2,25,32,33)(H,26,27,28). The number of hydrogen-bond donors (Lipinski definition) is 3. The first-order valence-electron chi connectivity index (χ1n) is 10.7. The summed E-state index contributed by atoms with van der Waals surface area (Å²) in [5, 5.41) is 18.2. The van der Waals surface area contributed by atoms with Gasteiger partial charge in [0.2, 0.25) is 5.76 Å². The number of nitrogens with two attached hydrogens (primary N) is 1. The van der Waals surface area contributed by atoms with Crippen LogP contribution in [0.2, 0.25) is 0 Å². The van der Waals surface area contributed by atoms with Crippen molar-refractivity contribution >= 4 is 21.9 Å². The maximum Gasteiger partial charge on any atom is 0.449 e. The molecular formula is C21H22F3N5O6S. The van der Waals surface area contributed by atoms with Gasteiger partial charge in [0.25, 0.3) is 0 Å². The average Bonchev–Trinajstić information content (AvgIpc) is 3.52. The molecule has 1 fully saturated rings. The summed E-state index contributed by atoms with van der Waals surface area (Å²) in [6.45, 7) is -0.289.